The smallest absolute Gasteiger partial charge is 0.326 e. The van der Waals surface area contributed by atoms with Gasteiger partial charge in [-0.1, -0.05) is 26.0 Å². The molecular formula is C19H26N2O5. The molecule has 2 rings (SSSR count). The highest BCUT2D eigenvalue weighted by Crippen LogP contribution is 2.27. The summed E-state index contributed by atoms with van der Waals surface area (Å²) in [6, 6.07) is 6.66. The van der Waals surface area contributed by atoms with Crippen molar-refractivity contribution in [3.63, 3.8) is 0 Å². The minimum Gasteiger partial charge on any atom is -0.480 e. The Morgan fingerprint density at radius 3 is 2.50 bits per heavy atom. The zero-order valence-corrected chi connectivity index (χ0v) is 15.4. The monoisotopic (exact) mass is 362 g/mol. The summed E-state index contributed by atoms with van der Waals surface area (Å²) in [6.45, 7) is 4.84. The van der Waals surface area contributed by atoms with Crippen LogP contribution in [-0.4, -0.2) is 49.2 Å². The van der Waals surface area contributed by atoms with Crippen LogP contribution < -0.4 is 10.2 Å². The van der Waals surface area contributed by atoms with E-state index in [0.29, 0.717) is 18.9 Å². The van der Waals surface area contributed by atoms with Crippen molar-refractivity contribution >= 4 is 23.5 Å². The fourth-order valence-electron chi connectivity index (χ4n) is 2.98. The van der Waals surface area contributed by atoms with E-state index in [9.17, 15) is 19.5 Å². The molecule has 0 bridgehead atoms. The number of hydrogen-bond acceptors (Lipinski definition) is 4. The summed E-state index contributed by atoms with van der Waals surface area (Å²) in [5.41, 5.74) is 1.93. The molecule has 142 valence electrons. The van der Waals surface area contributed by atoms with Crippen LogP contribution in [0, 0.1) is 5.92 Å². The van der Waals surface area contributed by atoms with Crippen LogP contribution in [0.25, 0.3) is 0 Å². The van der Waals surface area contributed by atoms with Gasteiger partial charge < -0.3 is 20.1 Å². The first-order chi connectivity index (χ1) is 12.3. The first-order valence-electron chi connectivity index (χ1n) is 8.78. The molecule has 7 nitrogen and oxygen atoms in total. The fourth-order valence-corrected chi connectivity index (χ4v) is 2.98. The summed E-state index contributed by atoms with van der Waals surface area (Å²) < 4.78 is 4.86. The Hall–Kier alpha value is -2.41. The van der Waals surface area contributed by atoms with Gasteiger partial charge in [0, 0.05) is 32.4 Å². The predicted octanol–water partition coefficient (Wildman–Crippen LogP) is 1.77. The van der Waals surface area contributed by atoms with Gasteiger partial charge >= 0.3 is 5.97 Å². The van der Waals surface area contributed by atoms with Gasteiger partial charge in [0.1, 0.15) is 12.0 Å². The number of carbonyl (C=O) groups excluding carboxylic acids is 2. The van der Waals surface area contributed by atoms with E-state index in [0.717, 1.165) is 5.69 Å². The van der Waals surface area contributed by atoms with Gasteiger partial charge in [-0.25, -0.2) is 4.79 Å². The number of methoxy groups -OCH3 is 1. The Labute approximate surface area is 153 Å². The third kappa shape index (κ3) is 4.60. The maximum absolute atomic E-state index is 12.6. The van der Waals surface area contributed by atoms with Crippen LogP contribution in [-0.2, 0) is 19.1 Å². The number of nitrogens with one attached hydrogen (secondary N) is 1. The number of benzene rings is 1. The van der Waals surface area contributed by atoms with E-state index in [1.54, 1.807) is 4.90 Å². The van der Waals surface area contributed by atoms with Crippen molar-refractivity contribution in [1.29, 1.82) is 0 Å². The van der Waals surface area contributed by atoms with Crippen molar-refractivity contribution in [3.8, 4) is 0 Å². The van der Waals surface area contributed by atoms with Gasteiger partial charge in [-0.15, -0.1) is 0 Å². The molecule has 1 fully saturated rings. The fraction of sp³-hybridized carbons (Fsp3) is 0.526. The quantitative estimate of drug-likeness (QED) is 0.687. The van der Waals surface area contributed by atoms with Crippen molar-refractivity contribution in [2.45, 2.75) is 38.6 Å². The van der Waals surface area contributed by atoms with E-state index in [1.807, 2.05) is 24.3 Å². The number of carboxylic acids is 1. The van der Waals surface area contributed by atoms with Crippen molar-refractivity contribution in [3.05, 3.63) is 29.8 Å². The Balaban J connectivity index is 2.03. The molecule has 1 heterocycles. The topological polar surface area (TPSA) is 95.9 Å². The van der Waals surface area contributed by atoms with E-state index in [2.05, 4.69) is 19.2 Å². The summed E-state index contributed by atoms with van der Waals surface area (Å²) in [5.74, 6) is -2.43. The number of carboxylic acid groups (broad SMARTS) is 1. The summed E-state index contributed by atoms with van der Waals surface area (Å²) in [4.78, 5) is 37.8. The Morgan fingerprint density at radius 2 is 1.96 bits per heavy atom. The van der Waals surface area contributed by atoms with Crippen molar-refractivity contribution in [2.24, 2.45) is 5.92 Å². The van der Waals surface area contributed by atoms with Crippen LogP contribution in [0.3, 0.4) is 0 Å². The molecule has 1 aromatic rings. The third-order valence-corrected chi connectivity index (χ3v) is 4.62. The molecule has 1 aliphatic rings. The molecule has 0 radical (unpaired) electrons. The van der Waals surface area contributed by atoms with Crippen LogP contribution in [0.4, 0.5) is 5.69 Å². The summed E-state index contributed by atoms with van der Waals surface area (Å²) in [7, 11) is 1.46. The summed E-state index contributed by atoms with van der Waals surface area (Å²) >= 11 is 0. The second-order valence-electron chi connectivity index (χ2n) is 6.76. The number of nitrogens with zero attached hydrogens (tertiary/aromatic N) is 1. The molecule has 0 spiro atoms. The summed E-state index contributed by atoms with van der Waals surface area (Å²) in [5, 5.41) is 11.6. The van der Waals surface area contributed by atoms with Crippen molar-refractivity contribution < 1.29 is 24.2 Å². The molecule has 0 aliphatic carbocycles. The summed E-state index contributed by atoms with van der Waals surface area (Å²) in [6.07, 6.45) is 0.520. The van der Waals surface area contributed by atoms with E-state index >= 15 is 0 Å². The van der Waals surface area contributed by atoms with Crippen molar-refractivity contribution in [1.82, 2.24) is 5.32 Å². The van der Waals surface area contributed by atoms with Gasteiger partial charge in [0.25, 0.3) is 0 Å². The van der Waals surface area contributed by atoms with Crippen LogP contribution >= 0.6 is 0 Å². The van der Waals surface area contributed by atoms with Crippen LogP contribution in [0.5, 0.6) is 0 Å². The predicted molar refractivity (Wildman–Crippen MR) is 97.1 cm³/mol. The standard InChI is InChI=1S/C19H26N2O5/c1-12(2)13-4-6-14(7-5-13)21-10-8-15(18(21)23)17(22)20-16(19(24)25)9-11-26-3/h4-7,12,15-16H,8-11H2,1-3H3,(H,20,22)(H,24,25). The Morgan fingerprint density at radius 1 is 1.31 bits per heavy atom. The molecule has 7 heteroatoms. The molecule has 2 N–H and O–H groups in total. The van der Waals surface area contributed by atoms with Crippen molar-refractivity contribution in [2.75, 3.05) is 25.2 Å². The molecule has 2 amide bonds. The van der Waals surface area contributed by atoms with Gasteiger partial charge in [-0.2, -0.15) is 0 Å². The molecule has 1 saturated heterocycles. The van der Waals surface area contributed by atoms with E-state index in [4.69, 9.17) is 4.74 Å². The molecule has 2 unspecified atom stereocenters. The zero-order chi connectivity index (χ0) is 19.3. The van der Waals surface area contributed by atoms with Gasteiger partial charge in [0.05, 0.1) is 0 Å². The number of hydrogen-bond donors (Lipinski definition) is 2. The molecule has 2 atom stereocenters. The number of rotatable bonds is 8. The average molecular weight is 362 g/mol. The lowest BCUT2D eigenvalue weighted by molar-refractivity contribution is -0.144. The number of aliphatic carboxylic acids is 1. The highest BCUT2D eigenvalue weighted by atomic mass is 16.5. The first-order valence-corrected chi connectivity index (χ1v) is 8.78. The van der Waals surface area contributed by atoms with Crippen LogP contribution in [0.2, 0.25) is 0 Å². The second-order valence-corrected chi connectivity index (χ2v) is 6.76. The van der Waals surface area contributed by atoms with Crippen LogP contribution in [0.1, 0.15) is 38.2 Å². The first kappa shape index (κ1) is 19.9. The minimum atomic E-state index is -1.14. The normalized spacial score (nSPS) is 18.2. The number of amides is 2. The van der Waals surface area contributed by atoms with Gasteiger partial charge in [-0.3, -0.25) is 9.59 Å². The van der Waals surface area contributed by atoms with E-state index in [1.165, 1.54) is 12.7 Å². The molecule has 1 aliphatic heterocycles. The number of anilines is 1. The largest absolute Gasteiger partial charge is 0.480 e. The SMILES string of the molecule is COCCC(NC(=O)C1CCN(c2ccc(C(C)C)cc2)C1=O)C(=O)O. The zero-order valence-electron chi connectivity index (χ0n) is 15.4. The second kappa shape index (κ2) is 8.80. The third-order valence-electron chi connectivity index (χ3n) is 4.62. The Kier molecular flexibility index (Phi) is 6.74. The van der Waals surface area contributed by atoms with Crippen LogP contribution in [0.15, 0.2) is 24.3 Å². The molecular weight excluding hydrogens is 336 g/mol. The lowest BCUT2D eigenvalue weighted by Crippen LogP contribution is -2.46. The number of ether oxygens (including phenoxy) is 1. The molecule has 26 heavy (non-hydrogen) atoms. The Bertz CT molecular complexity index is 656. The van der Waals surface area contributed by atoms with E-state index in [-0.39, 0.29) is 18.9 Å². The number of carbonyl (C=O) groups is 3. The van der Waals surface area contributed by atoms with Gasteiger partial charge in [-0.05, 0) is 30.0 Å². The van der Waals surface area contributed by atoms with Gasteiger partial charge in [0.2, 0.25) is 11.8 Å². The maximum atomic E-state index is 12.6. The lowest BCUT2D eigenvalue weighted by atomic mass is 10.0. The minimum absolute atomic E-state index is 0.152. The molecule has 0 aromatic heterocycles. The van der Waals surface area contributed by atoms with E-state index < -0.39 is 23.8 Å². The molecule has 0 saturated carbocycles. The average Bonchev–Trinajstić information content (AvgIpc) is 2.99. The molecule has 1 aromatic carbocycles. The highest BCUT2D eigenvalue weighted by molar-refractivity contribution is 6.10. The lowest BCUT2D eigenvalue weighted by Gasteiger charge is -2.19. The highest BCUT2D eigenvalue weighted by Gasteiger charge is 2.38. The van der Waals surface area contributed by atoms with Gasteiger partial charge in [0.15, 0.2) is 0 Å². The maximum Gasteiger partial charge on any atom is 0.326 e.